The van der Waals surface area contributed by atoms with Gasteiger partial charge in [0, 0.05) is 17.7 Å². The van der Waals surface area contributed by atoms with Gasteiger partial charge in [-0.15, -0.1) is 0 Å². The minimum atomic E-state index is -0.138. The molecule has 1 amide bonds. The zero-order valence-corrected chi connectivity index (χ0v) is 14.2. The lowest BCUT2D eigenvalue weighted by molar-refractivity contribution is 0.0935. The highest BCUT2D eigenvalue weighted by atomic mass is 35.5. The van der Waals surface area contributed by atoms with Gasteiger partial charge in [0.05, 0.1) is 23.1 Å². The number of hydrogen-bond donors (Lipinski definition) is 2. The van der Waals surface area contributed by atoms with Crippen LogP contribution in [0.4, 0.5) is 0 Å². The van der Waals surface area contributed by atoms with E-state index in [-0.39, 0.29) is 18.6 Å². The number of nitrogens with one attached hydrogen (secondary N) is 1. The highest BCUT2D eigenvalue weighted by Gasteiger charge is 2.18. The molecule has 1 atom stereocenters. The maximum Gasteiger partial charge on any atom is 0.254 e. The quantitative estimate of drug-likeness (QED) is 0.817. The van der Waals surface area contributed by atoms with Gasteiger partial charge in [0.2, 0.25) is 0 Å². The Labute approximate surface area is 141 Å². The summed E-state index contributed by atoms with van der Waals surface area (Å²) in [5.41, 5.74) is 2.25. The van der Waals surface area contributed by atoms with Gasteiger partial charge in [-0.05, 0) is 44.4 Å². The number of halogens is 1. The Kier molecular flexibility index (Phi) is 6.19. The van der Waals surface area contributed by atoms with Crippen LogP contribution < -0.4 is 5.32 Å². The molecule has 124 valence electrons. The average Bonchev–Trinajstić information content (AvgIpc) is 2.96. The lowest BCUT2D eigenvalue weighted by atomic mass is 10.1. The zero-order chi connectivity index (χ0) is 16.8. The highest BCUT2D eigenvalue weighted by Crippen LogP contribution is 2.19. The maximum absolute atomic E-state index is 12.5. The summed E-state index contributed by atoms with van der Waals surface area (Å²) in [5, 5.41) is 16.8. The van der Waals surface area contributed by atoms with Crippen LogP contribution in [0.2, 0.25) is 5.02 Å². The molecule has 0 fully saturated rings. The van der Waals surface area contributed by atoms with Crippen LogP contribution in [0.5, 0.6) is 0 Å². The van der Waals surface area contributed by atoms with E-state index in [0.717, 1.165) is 17.8 Å². The molecule has 0 bridgehead atoms. The van der Waals surface area contributed by atoms with Crippen molar-refractivity contribution in [2.45, 2.75) is 39.2 Å². The summed E-state index contributed by atoms with van der Waals surface area (Å²) in [4.78, 5) is 12.5. The molecular formula is C17H22ClN3O2. The van der Waals surface area contributed by atoms with Crippen molar-refractivity contribution in [2.24, 2.45) is 0 Å². The Morgan fingerprint density at radius 2 is 2.26 bits per heavy atom. The second-order valence-electron chi connectivity index (χ2n) is 5.49. The van der Waals surface area contributed by atoms with E-state index in [1.165, 1.54) is 0 Å². The van der Waals surface area contributed by atoms with E-state index < -0.39 is 0 Å². The Morgan fingerprint density at radius 1 is 1.48 bits per heavy atom. The minimum Gasteiger partial charge on any atom is -0.396 e. The zero-order valence-electron chi connectivity index (χ0n) is 13.4. The van der Waals surface area contributed by atoms with Gasteiger partial charge in [-0.1, -0.05) is 24.6 Å². The summed E-state index contributed by atoms with van der Waals surface area (Å²) in [5.74, 6) is -0.138. The number of amides is 1. The van der Waals surface area contributed by atoms with Crippen molar-refractivity contribution in [3.63, 3.8) is 0 Å². The molecular weight excluding hydrogens is 314 g/mol. The van der Waals surface area contributed by atoms with Crippen LogP contribution in [0, 0.1) is 0 Å². The van der Waals surface area contributed by atoms with Crippen molar-refractivity contribution < 1.29 is 9.90 Å². The van der Waals surface area contributed by atoms with Crippen molar-refractivity contribution in [1.82, 2.24) is 15.1 Å². The van der Waals surface area contributed by atoms with Gasteiger partial charge >= 0.3 is 0 Å². The number of carbonyl (C=O) groups excluding carboxylic acids is 1. The van der Waals surface area contributed by atoms with Crippen LogP contribution in [-0.2, 0) is 6.42 Å². The standard InChI is InChI=1S/C17H22ClN3O2/c1-3-16-15(17(23)20-12(2)6-5-9-22)11-19-21(16)14-8-4-7-13(18)10-14/h4,7-8,10-12,22H,3,5-6,9H2,1-2H3,(H,20,23). The number of hydrogen-bond acceptors (Lipinski definition) is 3. The summed E-state index contributed by atoms with van der Waals surface area (Å²) in [6, 6.07) is 7.39. The van der Waals surface area contributed by atoms with Crippen LogP contribution in [0.25, 0.3) is 5.69 Å². The number of aromatic nitrogens is 2. The van der Waals surface area contributed by atoms with E-state index in [4.69, 9.17) is 16.7 Å². The Morgan fingerprint density at radius 3 is 2.91 bits per heavy atom. The largest absolute Gasteiger partial charge is 0.396 e. The Bertz CT molecular complexity index is 670. The molecule has 2 rings (SSSR count). The van der Waals surface area contributed by atoms with E-state index in [1.54, 1.807) is 16.9 Å². The molecule has 1 aromatic heterocycles. The molecule has 6 heteroatoms. The molecule has 2 N–H and O–H groups in total. The topological polar surface area (TPSA) is 67.2 Å². The Balaban J connectivity index is 2.22. The first kappa shape index (κ1) is 17.5. The normalized spacial score (nSPS) is 12.2. The first-order valence-electron chi connectivity index (χ1n) is 7.81. The predicted octanol–water partition coefficient (Wildman–Crippen LogP) is 2.98. The molecule has 0 spiro atoms. The molecule has 0 saturated carbocycles. The number of nitrogens with zero attached hydrogens (tertiary/aromatic N) is 2. The van der Waals surface area contributed by atoms with Crippen LogP contribution >= 0.6 is 11.6 Å². The SMILES string of the molecule is CCc1c(C(=O)NC(C)CCCO)cnn1-c1cccc(Cl)c1. The van der Waals surface area contributed by atoms with Crippen molar-refractivity contribution in [3.8, 4) is 5.69 Å². The second-order valence-corrected chi connectivity index (χ2v) is 5.93. The first-order valence-corrected chi connectivity index (χ1v) is 8.19. The summed E-state index contributed by atoms with van der Waals surface area (Å²) in [6.07, 6.45) is 3.68. The third kappa shape index (κ3) is 4.33. The average molecular weight is 336 g/mol. The van der Waals surface area contributed by atoms with Crippen molar-refractivity contribution >= 4 is 17.5 Å². The number of aliphatic hydroxyl groups excluding tert-OH is 1. The molecule has 0 aliphatic carbocycles. The van der Waals surface area contributed by atoms with Gasteiger partial charge in [0.25, 0.3) is 5.91 Å². The number of carbonyl (C=O) groups is 1. The molecule has 1 aromatic carbocycles. The predicted molar refractivity (Wildman–Crippen MR) is 91.2 cm³/mol. The smallest absolute Gasteiger partial charge is 0.254 e. The summed E-state index contributed by atoms with van der Waals surface area (Å²) in [7, 11) is 0. The van der Waals surface area contributed by atoms with Gasteiger partial charge in [-0.25, -0.2) is 4.68 Å². The Hall–Kier alpha value is -1.85. The highest BCUT2D eigenvalue weighted by molar-refractivity contribution is 6.30. The van der Waals surface area contributed by atoms with E-state index >= 15 is 0 Å². The second kappa shape index (κ2) is 8.13. The van der Waals surface area contributed by atoms with Gasteiger partial charge < -0.3 is 10.4 Å². The van der Waals surface area contributed by atoms with Crippen LogP contribution in [0.15, 0.2) is 30.5 Å². The van der Waals surface area contributed by atoms with Crippen LogP contribution in [0.3, 0.4) is 0 Å². The molecule has 1 unspecified atom stereocenters. The van der Waals surface area contributed by atoms with Crippen LogP contribution in [-0.4, -0.2) is 33.4 Å². The maximum atomic E-state index is 12.5. The fourth-order valence-electron chi connectivity index (χ4n) is 2.51. The molecule has 0 aliphatic rings. The van der Waals surface area contributed by atoms with E-state index in [1.807, 2.05) is 32.0 Å². The molecule has 5 nitrogen and oxygen atoms in total. The van der Waals surface area contributed by atoms with Crippen LogP contribution in [0.1, 0.15) is 42.7 Å². The third-order valence-electron chi connectivity index (χ3n) is 3.67. The summed E-state index contributed by atoms with van der Waals surface area (Å²) in [6.45, 7) is 4.05. The monoisotopic (exact) mass is 335 g/mol. The summed E-state index contributed by atoms with van der Waals surface area (Å²) < 4.78 is 1.75. The minimum absolute atomic E-state index is 0.00822. The number of benzene rings is 1. The van der Waals surface area contributed by atoms with E-state index in [0.29, 0.717) is 23.4 Å². The molecule has 0 radical (unpaired) electrons. The third-order valence-corrected chi connectivity index (χ3v) is 3.91. The van der Waals surface area contributed by atoms with Gasteiger partial charge in [-0.2, -0.15) is 5.10 Å². The molecule has 0 aliphatic heterocycles. The summed E-state index contributed by atoms with van der Waals surface area (Å²) >= 11 is 6.04. The van der Waals surface area contributed by atoms with Crippen molar-refractivity contribution in [2.75, 3.05) is 6.61 Å². The molecule has 0 saturated heterocycles. The fourth-order valence-corrected chi connectivity index (χ4v) is 2.69. The molecule has 23 heavy (non-hydrogen) atoms. The van der Waals surface area contributed by atoms with Gasteiger partial charge in [0.1, 0.15) is 0 Å². The fraction of sp³-hybridized carbons (Fsp3) is 0.412. The first-order chi connectivity index (χ1) is 11.1. The van der Waals surface area contributed by atoms with E-state index in [2.05, 4.69) is 10.4 Å². The van der Waals surface area contributed by atoms with Crippen molar-refractivity contribution in [3.05, 3.63) is 46.7 Å². The number of aliphatic hydroxyl groups is 1. The number of rotatable bonds is 7. The van der Waals surface area contributed by atoms with Crippen molar-refractivity contribution in [1.29, 1.82) is 0 Å². The molecule has 2 aromatic rings. The lowest BCUT2D eigenvalue weighted by Crippen LogP contribution is -2.33. The lowest BCUT2D eigenvalue weighted by Gasteiger charge is -2.13. The van der Waals surface area contributed by atoms with Gasteiger partial charge in [0.15, 0.2) is 0 Å². The molecule has 1 heterocycles. The van der Waals surface area contributed by atoms with E-state index in [9.17, 15) is 4.79 Å². The van der Waals surface area contributed by atoms with Gasteiger partial charge in [-0.3, -0.25) is 4.79 Å².